The fourth-order valence-corrected chi connectivity index (χ4v) is 4.06. The van der Waals surface area contributed by atoms with E-state index in [9.17, 15) is 14.9 Å². The number of hydrazone groups is 1. The molecule has 0 fully saturated rings. The van der Waals surface area contributed by atoms with Gasteiger partial charge >= 0.3 is 11.8 Å². The number of carbonyl (C=O) groups excluding carboxylic acids is 2. The van der Waals surface area contributed by atoms with Gasteiger partial charge in [0.15, 0.2) is 0 Å². The van der Waals surface area contributed by atoms with Crippen molar-refractivity contribution in [2.24, 2.45) is 5.10 Å². The number of carbonyl (C=O) groups is 2. The molecule has 1 heterocycles. The second-order valence-corrected chi connectivity index (χ2v) is 7.27. The molecule has 3 rings (SSSR count). The number of anilines is 1. The second-order valence-electron chi connectivity index (χ2n) is 5.73. The third-order valence-electron chi connectivity index (χ3n) is 3.97. The lowest BCUT2D eigenvalue weighted by Gasteiger charge is -2.09. The zero-order valence-electron chi connectivity index (χ0n) is 13.7. The van der Waals surface area contributed by atoms with Crippen LogP contribution in [0.15, 0.2) is 29.4 Å². The number of nitriles is 1. The van der Waals surface area contributed by atoms with Crippen LogP contribution in [0.25, 0.3) is 0 Å². The van der Waals surface area contributed by atoms with Crippen LogP contribution >= 0.6 is 22.9 Å². The monoisotopic (exact) mass is 386 g/mol. The lowest BCUT2D eigenvalue weighted by molar-refractivity contribution is -0.136. The van der Waals surface area contributed by atoms with Gasteiger partial charge in [-0.3, -0.25) is 9.59 Å². The van der Waals surface area contributed by atoms with Crippen molar-refractivity contribution in [1.82, 2.24) is 5.43 Å². The Morgan fingerprint density at radius 2 is 1.92 bits per heavy atom. The van der Waals surface area contributed by atoms with Crippen LogP contribution < -0.4 is 10.7 Å². The summed E-state index contributed by atoms with van der Waals surface area (Å²) in [5.41, 5.74) is 4.37. The summed E-state index contributed by atoms with van der Waals surface area (Å²) < 4.78 is 0. The second kappa shape index (κ2) is 8.13. The summed E-state index contributed by atoms with van der Waals surface area (Å²) in [7, 11) is 0. The minimum Gasteiger partial charge on any atom is -0.308 e. The Kier molecular flexibility index (Phi) is 5.66. The number of benzene rings is 1. The number of amides is 2. The number of fused-ring (bicyclic) bond motifs is 1. The van der Waals surface area contributed by atoms with E-state index in [2.05, 4.69) is 21.9 Å². The van der Waals surface area contributed by atoms with Crippen molar-refractivity contribution < 1.29 is 9.59 Å². The molecule has 1 aliphatic carbocycles. The van der Waals surface area contributed by atoms with E-state index in [-0.39, 0.29) is 0 Å². The van der Waals surface area contributed by atoms with E-state index in [1.54, 1.807) is 24.3 Å². The molecule has 6 nitrogen and oxygen atoms in total. The number of hydrogen-bond donors (Lipinski definition) is 2. The van der Waals surface area contributed by atoms with Crippen LogP contribution in [0.3, 0.4) is 0 Å². The number of aryl methyl sites for hydroxylation is 1. The molecule has 0 aliphatic heterocycles. The Morgan fingerprint density at radius 1 is 1.19 bits per heavy atom. The molecule has 2 N–H and O–H groups in total. The van der Waals surface area contributed by atoms with Gasteiger partial charge in [-0.25, -0.2) is 5.43 Å². The van der Waals surface area contributed by atoms with Gasteiger partial charge in [0.05, 0.1) is 11.8 Å². The van der Waals surface area contributed by atoms with Crippen LogP contribution in [0.2, 0.25) is 5.02 Å². The quantitative estimate of drug-likeness (QED) is 0.481. The van der Waals surface area contributed by atoms with Gasteiger partial charge in [-0.15, -0.1) is 11.3 Å². The molecule has 0 radical (unpaired) electrons. The van der Waals surface area contributed by atoms with E-state index in [0.29, 0.717) is 15.6 Å². The van der Waals surface area contributed by atoms with E-state index in [1.807, 2.05) is 0 Å². The zero-order chi connectivity index (χ0) is 18.5. The van der Waals surface area contributed by atoms with Crippen molar-refractivity contribution in [3.8, 4) is 6.07 Å². The Morgan fingerprint density at radius 3 is 2.65 bits per heavy atom. The summed E-state index contributed by atoms with van der Waals surface area (Å²) in [5, 5.41) is 16.7. The maximum absolute atomic E-state index is 12.1. The van der Waals surface area contributed by atoms with Crippen molar-refractivity contribution in [2.75, 3.05) is 5.32 Å². The van der Waals surface area contributed by atoms with E-state index in [0.717, 1.165) is 41.7 Å². The topological polar surface area (TPSA) is 94.4 Å². The first-order valence-corrected chi connectivity index (χ1v) is 9.22. The summed E-state index contributed by atoms with van der Waals surface area (Å²) in [6.07, 6.45) is 5.26. The third kappa shape index (κ3) is 4.10. The number of nitrogens with zero attached hydrogens (tertiary/aromatic N) is 2. The predicted molar refractivity (Wildman–Crippen MR) is 101 cm³/mol. The van der Waals surface area contributed by atoms with E-state index in [1.165, 1.54) is 17.6 Å². The van der Waals surface area contributed by atoms with Gasteiger partial charge in [0.2, 0.25) is 0 Å². The van der Waals surface area contributed by atoms with E-state index in [4.69, 9.17) is 11.6 Å². The van der Waals surface area contributed by atoms with Crippen molar-refractivity contribution in [3.05, 3.63) is 50.9 Å². The minimum absolute atomic E-state index is 0.432. The maximum atomic E-state index is 12.1. The van der Waals surface area contributed by atoms with E-state index >= 15 is 0 Å². The highest BCUT2D eigenvalue weighted by molar-refractivity contribution is 7.16. The van der Waals surface area contributed by atoms with Gasteiger partial charge in [-0.2, -0.15) is 10.4 Å². The van der Waals surface area contributed by atoms with Gasteiger partial charge in [0, 0.05) is 9.90 Å². The highest BCUT2D eigenvalue weighted by Gasteiger charge is 2.23. The summed E-state index contributed by atoms with van der Waals surface area (Å²) in [5.74, 6) is -1.75. The standard InChI is InChI=1S/C18H15ClN4O2S/c19-12-7-5-11(6-8-12)10-21-23-17(25)16(24)22-18-14(9-20)13-3-1-2-4-15(13)26-18/h5-8,10H,1-4H2,(H,22,24)(H,23,25)/b21-10-. The molecule has 1 aromatic heterocycles. The molecule has 132 valence electrons. The van der Waals surface area contributed by atoms with Gasteiger partial charge < -0.3 is 5.32 Å². The van der Waals surface area contributed by atoms with Crippen LogP contribution in [0.5, 0.6) is 0 Å². The van der Waals surface area contributed by atoms with Gasteiger partial charge in [0.1, 0.15) is 11.1 Å². The lowest BCUT2D eigenvalue weighted by Crippen LogP contribution is -2.32. The molecule has 1 aromatic carbocycles. The Balaban J connectivity index is 1.63. The molecule has 2 aromatic rings. The summed E-state index contributed by atoms with van der Waals surface area (Å²) in [4.78, 5) is 25.1. The normalized spacial score (nSPS) is 13.1. The van der Waals surface area contributed by atoms with Crippen molar-refractivity contribution in [1.29, 1.82) is 5.26 Å². The molecule has 8 heteroatoms. The van der Waals surface area contributed by atoms with Gasteiger partial charge in [0.25, 0.3) is 0 Å². The fourth-order valence-electron chi connectivity index (χ4n) is 2.70. The summed E-state index contributed by atoms with van der Waals surface area (Å²) in [6.45, 7) is 0. The van der Waals surface area contributed by atoms with Crippen molar-refractivity contribution in [3.63, 3.8) is 0 Å². The average Bonchev–Trinajstić information content (AvgIpc) is 3.00. The van der Waals surface area contributed by atoms with Gasteiger partial charge in [-0.1, -0.05) is 23.7 Å². The predicted octanol–water partition coefficient (Wildman–Crippen LogP) is 3.24. The van der Waals surface area contributed by atoms with Crippen molar-refractivity contribution in [2.45, 2.75) is 25.7 Å². The molecule has 0 saturated heterocycles. The molecule has 26 heavy (non-hydrogen) atoms. The molecular formula is C18H15ClN4O2S. The van der Waals surface area contributed by atoms with Gasteiger partial charge in [-0.05, 0) is 48.9 Å². The first-order chi connectivity index (χ1) is 12.6. The molecule has 0 spiro atoms. The maximum Gasteiger partial charge on any atom is 0.329 e. The smallest absolute Gasteiger partial charge is 0.308 e. The minimum atomic E-state index is -0.898. The number of thiophene rings is 1. The summed E-state index contributed by atoms with van der Waals surface area (Å²) in [6, 6.07) is 8.99. The highest BCUT2D eigenvalue weighted by Crippen LogP contribution is 2.37. The number of rotatable bonds is 3. The average molecular weight is 387 g/mol. The molecule has 0 unspecified atom stereocenters. The van der Waals surface area contributed by atoms with Crippen molar-refractivity contribution >= 4 is 46.0 Å². The number of nitrogens with one attached hydrogen (secondary N) is 2. The molecule has 2 amide bonds. The lowest BCUT2D eigenvalue weighted by atomic mass is 9.96. The van der Waals surface area contributed by atoms with E-state index < -0.39 is 11.8 Å². The largest absolute Gasteiger partial charge is 0.329 e. The van der Waals surface area contributed by atoms with Crippen LogP contribution in [0.4, 0.5) is 5.00 Å². The Bertz CT molecular complexity index is 913. The molecule has 1 aliphatic rings. The SMILES string of the molecule is N#Cc1c(NC(=O)C(=O)N/N=C\c2ccc(Cl)cc2)sc2c1CCCC2. The first-order valence-electron chi connectivity index (χ1n) is 8.03. The molecule has 0 atom stereocenters. The van der Waals surface area contributed by atoms with Crippen LogP contribution in [-0.2, 0) is 22.4 Å². The highest BCUT2D eigenvalue weighted by atomic mass is 35.5. The first kappa shape index (κ1) is 18.1. The molecular weight excluding hydrogens is 372 g/mol. The molecule has 0 bridgehead atoms. The number of halogens is 1. The van der Waals surface area contributed by atoms with Crippen LogP contribution in [-0.4, -0.2) is 18.0 Å². The third-order valence-corrected chi connectivity index (χ3v) is 5.43. The molecule has 0 saturated carbocycles. The Hall–Kier alpha value is -2.69. The Labute approximate surface area is 159 Å². The van der Waals surface area contributed by atoms with Crippen LogP contribution in [0.1, 0.15) is 34.4 Å². The number of hydrogen-bond acceptors (Lipinski definition) is 5. The van der Waals surface area contributed by atoms with Crippen LogP contribution in [0, 0.1) is 11.3 Å². The zero-order valence-corrected chi connectivity index (χ0v) is 15.3. The summed E-state index contributed by atoms with van der Waals surface area (Å²) >= 11 is 7.16. The fraction of sp³-hybridized carbons (Fsp3) is 0.222.